The summed E-state index contributed by atoms with van der Waals surface area (Å²) in [6, 6.07) is 10.1. The Morgan fingerprint density at radius 3 is 2.30 bits per heavy atom. The molecule has 3 N–H and O–H groups in total. The molecule has 0 fully saturated rings. The molecule has 102 valence electrons. The molecule has 0 saturated carbocycles. The first-order chi connectivity index (χ1) is 9.63. The van der Waals surface area contributed by atoms with Crippen LogP contribution in [0.5, 0.6) is 0 Å². The van der Waals surface area contributed by atoms with Crippen LogP contribution < -0.4 is 10.6 Å². The maximum absolute atomic E-state index is 12.2. The van der Waals surface area contributed by atoms with Crippen molar-refractivity contribution in [1.29, 1.82) is 0 Å². The first-order valence-corrected chi connectivity index (χ1v) is 5.89. The van der Waals surface area contributed by atoms with Gasteiger partial charge in [-0.2, -0.15) is 0 Å². The standard InChI is InChI=1S/C14H14N4O2/c1-18(14(19)11-6-8-16-9-7-11)12-4-2-10(3-5-12)13(15)17-20/h2-9,20H,1H3,(H2,15,17). The van der Waals surface area contributed by atoms with Crippen molar-refractivity contribution in [1.82, 2.24) is 4.98 Å². The lowest BCUT2D eigenvalue weighted by molar-refractivity contribution is 0.0993. The molecule has 0 aliphatic heterocycles. The Morgan fingerprint density at radius 1 is 1.15 bits per heavy atom. The van der Waals surface area contributed by atoms with Gasteiger partial charge in [0.25, 0.3) is 5.91 Å². The SMILES string of the molecule is CN(C(=O)c1ccncc1)c1ccc(C(N)=NO)cc1. The first kappa shape index (κ1) is 13.5. The number of carbonyl (C=O) groups excluding carboxylic acids is 1. The summed E-state index contributed by atoms with van der Waals surface area (Å²) in [5.74, 6) is -0.108. The average Bonchev–Trinajstić information content (AvgIpc) is 2.53. The van der Waals surface area contributed by atoms with Gasteiger partial charge in [-0.15, -0.1) is 0 Å². The Bertz CT molecular complexity index is 623. The van der Waals surface area contributed by atoms with E-state index in [4.69, 9.17) is 10.9 Å². The van der Waals surface area contributed by atoms with Gasteiger partial charge in [0.05, 0.1) is 0 Å². The van der Waals surface area contributed by atoms with E-state index in [1.165, 1.54) is 4.90 Å². The number of pyridine rings is 1. The predicted molar refractivity (Wildman–Crippen MR) is 75.9 cm³/mol. The van der Waals surface area contributed by atoms with Crippen LogP contribution in [-0.4, -0.2) is 29.0 Å². The maximum Gasteiger partial charge on any atom is 0.258 e. The van der Waals surface area contributed by atoms with Crippen LogP contribution >= 0.6 is 0 Å². The smallest absolute Gasteiger partial charge is 0.258 e. The van der Waals surface area contributed by atoms with Crippen molar-refractivity contribution in [2.75, 3.05) is 11.9 Å². The minimum atomic E-state index is -0.135. The number of carbonyl (C=O) groups is 1. The van der Waals surface area contributed by atoms with Gasteiger partial charge < -0.3 is 15.8 Å². The van der Waals surface area contributed by atoms with Crippen LogP contribution in [0.2, 0.25) is 0 Å². The van der Waals surface area contributed by atoms with E-state index in [1.54, 1.807) is 55.8 Å². The molecule has 0 spiro atoms. The fraction of sp³-hybridized carbons (Fsp3) is 0.0714. The third-order valence-corrected chi connectivity index (χ3v) is 2.89. The van der Waals surface area contributed by atoms with Crippen LogP contribution in [0, 0.1) is 0 Å². The van der Waals surface area contributed by atoms with Crippen molar-refractivity contribution >= 4 is 17.4 Å². The number of anilines is 1. The molecule has 1 aromatic heterocycles. The summed E-state index contributed by atoms with van der Waals surface area (Å²) in [6.45, 7) is 0. The number of amides is 1. The normalized spacial score (nSPS) is 11.2. The Kier molecular flexibility index (Phi) is 3.95. The van der Waals surface area contributed by atoms with Crippen molar-refractivity contribution in [2.45, 2.75) is 0 Å². The Labute approximate surface area is 116 Å². The van der Waals surface area contributed by atoms with Crippen molar-refractivity contribution in [3.05, 3.63) is 59.9 Å². The van der Waals surface area contributed by atoms with Crippen molar-refractivity contribution in [2.24, 2.45) is 10.9 Å². The summed E-state index contributed by atoms with van der Waals surface area (Å²) in [5.41, 5.74) is 7.34. The summed E-state index contributed by atoms with van der Waals surface area (Å²) >= 11 is 0. The van der Waals surface area contributed by atoms with Gasteiger partial charge in [0.2, 0.25) is 0 Å². The van der Waals surface area contributed by atoms with Crippen LogP contribution in [0.3, 0.4) is 0 Å². The number of oxime groups is 1. The monoisotopic (exact) mass is 270 g/mol. The molecule has 2 aromatic rings. The van der Waals surface area contributed by atoms with E-state index in [2.05, 4.69) is 10.1 Å². The summed E-state index contributed by atoms with van der Waals surface area (Å²) in [4.78, 5) is 17.6. The lowest BCUT2D eigenvalue weighted by Gasteiger charge is -2.17. The minimum absolute atomic E-state index is 0.0275. The number of rotatable bonds is 3. The zero-order chi connectivity index (χ0) is 14.5. The van der Waals surface area contributed by atoms with Gasteiger partial charge in [0.1, 0.15) is 0 Å². The van der Waals surface area contributed by atoms with E-state index < -0.39 is 0 Å². The zero-order valence-electron chi connectivity index (χ0n) is 10.9. The van der Waals surface area contributed by atoms with Gasteiger partial charge in [0.15, 0.2) is 5.84 Å². The van der Waals surface area contributed by atoms with Gasteiger partial charge in [-0.1, -0.05) is 5.16 Å². The van der Waals surface area contributed by atoms with Crippen molar-refractivity contribution < 1.29 is 10.0 Å². The molecule has 0 atom stereocenters. The summed E-state index contributed by atoms with van der Waals surface area (Å²) in [7, 11) is 1.68. The van der Waals surface area contributed by atoms with Crippen LogP contribution in [0.15, 0.2) is 53.9 Å². The van der Waals surface area contributed by atoms with E-state index in [0.29, 0.717) is 16.8 Å². The van der Waals surface area contributed by atoms with Gasteiger partial charge in [-0.3, -0.25) is 9.78 Å². The highest BCUT2D eigenvalue weighted by molar-refractivity contribution is 6.06. The number of hydrogen-bond donors (Lipinski definition) is 2. The topological polar surface area (TPSA) is 91.8 Å². The highest BCUT2D eigenvalue weighted by Crippen LogP contribution is 2.16. The van der Waals surface area contributed by atoms with Crippen LogP contribution in [0.4, 0.5) is 5.69 Å². The lowest BCUT2D eigenvalue weighted by Crippen LogP contribution is -2.26. The minimum Gasteiger partial charge on any atom is -0.409 e. The predicted octanol–water partition coefficient (Wildman–Crippen LogP) is 1.45. The fourth-order valence-electron chi connectivity index (χ4n) is 1.72. The highest BCUT2D eigenvalue weighted by atomic mass is 16.4. The fourth-order valence-corrected chi connectivity index (χ4v) is 1.72. The molecule has 1 aromatic carbocycles. The van der Waals surface area contributed by atoms with Crippen molar-refractivity contribution in [3.63, 3.8) is 0 Å². The summed E-state index contributed by atoms with van der Waals surface area (Å²) < 4.78 is 0. The molecule has 0 aliphatic carbocycles. The number of nitrogens with two attached hydrogens (primary N) is 1. The van der Waals surface area contributed by atoms with Crippen LogP contribution in [0.1, 0.15) is 15.9 Å². The average molecular weight is 270 g/mol. The summed E-state index contributed by atoms with van der Waals surface area (Å²) in [5, 5.41) is 11.5. The number of aromatic nitrogens is 1. The molecule has 6 nitrogen and oxygen atoms in total. The summed E-state index contributed by atoms with van der Waals surface area (Å²) in [6.07, 6.45) is 3.14. The molecular weight excluding hydrogens is 256 g/mol. The third-order valence-electron chi connectivity index (χ3n) is 2.89. The van der Waals surface area contributed by atoms with E-state index in [-0.39, 0.29) is 11.7 Å². The van der Waals surface area contributed by atoms with Gasteiger partial charge >= 0.3 is 0 Å². The molecule has 1 heterocycles. The molecule has 0 radical (unpaired) electrons. The molecule has 0 saturated heterocycles. The van der Waals surface area contributed by atoms with E-state index in [1.807, 2.05) is 0 Å². The zero-order valence-corrected chi connectivity index (χ0v) is 10.9. The Morgan fingerprint density at radius 2 is 1.75 bits per heavy atom. The Hall–Kier alpha value is -2.89. The number of benzene rings is 1. The molecule has 2 rings (SSSR count). The highest BCUT2D eigenvalue weighted by Gasteiger charge is 2.13. The lowest BCUT2D eigenvalue weighted by atomic mass is 10.1. The molecule has 6 heteroatoms. The van der Waals surface area contributed by atoms with Crippen LogP contribution in [0.25, 0.3) is 0 Å². The molecule has 0 aliphatic rings. The Balaban J connectivity index is 2.21. The number of nitrogens with zero attached hydrogens (tertiary/aromatic N) is 3. The van der Waals surface area contributed by atoms with Gasteiger partial charge in [-0.05, 0) is 36.4 Å². The largest absolute Gasteiger partial charge is 0.409 e. The second-order valence-corrected chi connectivity index (χ2v) is 4.13. The number of hydrogen-bond acceptors (Lipinski definition) is 4. The quantitative estimate of drug-likeness (QED) is 0.382. The molecular formula is C14H14N4O2. The second kappa shape index (κ2) is 5.83. The number of amidine groups is 1. The van der Waals surface area contributed by atoms with Gasteiger partial charge in [-0.25, -0.2) is 0 Å². The van der Waals surface area contributed by atoms with E-state index in [9.17, 15) is 4.79 Å². The van der Waals surface area contributed by atoms with Crippen molar-refractivity contribution in [3.8, 4) is 0 Å². The van der Waals surface area contributed by atoms with Gasteiger partial charge in [0, 0.05) is 36.3 Å². The first-order valence-electron chi connectivity index (χ1n) is 5.89. The van der Waals surface area contributed by atoms with E-state index in [0.717, 1.165) is 0 Å². The van der Waals surface area contributed by atoms with E-state index >= 15 is 0 Å². The maximum atomic E-state index is 12.2. The van der Waals surface area contributed by atoms with Crippen LogP contribution in [-0.2, 0) is 0 Å². The third kappa shape index (κ3) is 2.74. The second-order valence-electron chi connectivity index (χ2n) is 4.13. The molecule has 0 unspecified atom stereocenters. The molecule has 20 heavy (non-hydrogen) atoms. The molecule has 0 bridgehead atoms. The molecule has 1 amide bonds.